The molecule has 0 amide bonds. The van der Waals surface area contributed by atoms with E-state index in [1.54, 1.807) is 7.11 Å². The SMILES string of the molecule is COc1ccc(Br)cc1C1=NOC(CN)C1. The Bertz CT molecular complexity index is 420. The standard InChI is InChI=1S/C11H13BrN2O2/c1-15-11-3-2-7(12)4-9(11)10-5-8(6-13)16-14-10/h2-4,8H,5-6,13H2,1H3. The summed E-state index contributed by atoms with van der Waals surface area (Å²) in [6.07, 6.45) is 0.710. The van der Waals surface area contributed by atoms with Crippen molar-refractivity contribution in [2.45, 2.75) is 12.5 Å². The van der Waals surface area contributed by atoms with Crippen molar-refractivity contribution < 1.29 is 9.57 Å². The highest BCUT2D eigenvalue weighted by Gasteiger charge is 2.23. The summed E-state index contributed by atoms with van der Waals surface area (Å²) in [4.78, 5) is 5.20. The fraction of sp³-hybridized carbons (Fsp3) is 0.364. The number of rotatable bonds is 3. The van der Waals surface area contributed by atoms with Crippen LogP contribution in [0.2, 0.25) is 0 Å². The first-order valence-corrected chi connectivity index (χ1v) is 5.80. The first kappa shape index (κ1) is 11.4. The van der Waals surface area contributed by atoms with Crippen molar-refractivity contribution in [3.8, 4) is 5.75 Å². The van der Waals surface area contributed by atoms with Crippen molar-refractivity contribution >= 4 is 21.6 Å². The second-order valence-electron chi connectivity index (χ2n) is 3.55. The Hall–Kier alpha value is -1.07. The number of halogens is 1. The van der Waals surface area contributed by atoms with Crippen molar-refractivity contribution in [1.29, 1.82) is 0 Å². The third-order valence-corrected chi connectivity index (χ3v) is 2.96. The summed E-state index contributed by atoms with van der Waals surface area (Å²) in [7, 11) is 1.64. The zero-order valence-corrected chi connectivity index (χ0v) is 10.5. The van der Waals surface area contributed by atoms with Gasteiger partial charge in [0.25, 0.3) is 0 Å². The lowest BCUT2D eigenvalue weighted by molar-refractivity contribution is 0.0918. The molecule has 1 heterocycles. The third-order valence-electron chi connectivity index (χ3n) is 2.47. The molecule has 86 valence electrons. The maximum atomic E-state index is 5.54. The van der Waals surface area contributed by atoms with E-state index < -0.39 is 0 Å². The lowest BCUT2D eigenvalue weighted by Crippen LogP contribution is -2.20. The van der Waals surface area contributed by atoms with Crippen LogP contribution in [0.25, 0.3) is 0 Å². The van der Waals surface area contributed by atoms with E-state index in [1.165, 1.54) is 0 Å². The number of oxime groups is 1. The van der Waals surface area contributed by atoms with Gasteiger partial charge in [-0.15, -0.1) is 0 Å². The van der Waals surface area contributed by atoms with Crippen molar-refractivity contribution in [1.82, 2.24) is 0 Å². The Kier molecular flexibility index (Phi) is 3.46. The minimum Gasteiger partial charge on any atom is -0.496 e. The molecular formula is C11H13BrN2O2. The van der Waals surface area contributed by atoms with E-state index in [0.29, 0.717) is 6.54 Å². The molecule has 5 heteroatoms. The van der Waals surface area contributed by atoms with Gasteiger partial charge in [-0.2, -0.15) is 0 Å². The molecule has 0 radical (unpaired) electrons. The average Bonchev–Trinajstić information content (AvgIpc) is 2.77. The number of hydrogen-bond acceptors (Lipinski definition) is 4. The van der Waals surface area contributed by atoms with Crippen LogP contribution < -0.4 is 10.5 Å². The van der Waals surface area contributed by atoms with Gasteiger partial charge in [0.2, 0.25) is 0 Å². The van der Waals surface area contributed by atoms with E-state index in [1.807, 2.05) is 18.2 Å². The van der Waals surface area contributed by atoms with Crippen molar-refractivity contribution in [2.75, 3.05) is 13.7 Å². The van der Waals surface area contributed by atoms with Crippen LogP contribution in [0, 0.1) is 0 Å². The van der Waals surface area contributed by atoms with Crippen LogP contribution in [0.4, 0.5) is 0 Å². The molecule has 0 fully saturated rings. The fourth-order valence-electron chi connectivity index (χ4n) is 1.62. The lowest BCUT2D eigenvalue weighted by Gasteiger charge is -2.08. The highest BCUT2D eigenvalue weighted by atomic mass is 79.9. The molecule has 1 unspecified atom stereocenters. The monoisotopic (exact) mass is 284 g/mol. The third kappa shape index (κ3) is 2.20. The molecule has 1 atom stereocenters. The number of hydrogen-bond donors (Lipinski definition) is 1. The molecule has 2 rings (SSSR count). The number of ether oxygens (including phenoxy) is 1. The van der Waals surface area contributed by atoms with E-state index in [-0.39, 0.29) is 6.10 Å². The summed E-state index contributed by atoms with van der Waals surface area (Å²) >= 11 is 3.43. The van der Waals surface area contributed by atoms with Crippen LogP contribution in [0.3, 0.4) is 0 Å². The van der Waals surface area contributed by atoms with Crippen molar-refractivity contribution in [3.63, 3.8) is 0 Å². The molecule has 16 heavy (non-hydrogen) atoms. The molecule has 0 aromatic heterocycles. The van der Waals surface area contributed by atoms with E-state index in [4.69, 9.17) is 15.3 Å². The van der Waals surface area contributed by atoms with Crippen molar-refractivity contribution in [2.24, 2.45) is 10.9 Å². The van der Waals surface area contributed by atoms with Gasteiger partial charge in [-0.25, -0.2) is 0 Å². The quantitative estimate of drug-likeness (QED) is 0.923. The smallest absolute Gasteiger partial charge is 0.145 e. The second kappa shape index (κ2) is 4.84. The molecule has 2 N–H and O–H groups in total. The highest BCUT2D eigenvalue weighted by Crippen LogP contribution is 2.27. The van der Waals surface area contributed by atoms with Gasteiger partial charge >= 0.3 is 0 Å². The molecule has 0 spiro atoms. The van der Waals surface area contributed by atoms with Gasteiger partial charge < -0.3 is 15.3 Å². The number of benzene rings is 1. The first-order valence-electron chi connectivity index (χ1n) is 5.01. The first-order chi connectivity index (χ1) is 7.74. The maximum Gasteiger partial charge on any atom is 0.145 e. The van der Waals surface area contributed by atoms with Crippen LogP contribution >= 0.6 is 15.9 Å². The van der Waals surface area contributed by atoms with Gasteiger partial charge in [-0.1, -0.05) is 21.1 Å². The summed E-state index contributed by atoms with van der Waals surface area (Å²) < 4.78 is 6.28. The van der Waals surface area contributed by atoms with Crippen LogP contribution in [0.5, 0.6) is 5.75 Å². The average molecular weight is 285 g/mol. The van der Waals surface area contributed by atoms with Gasteiger partial charge in [-0.05, 0) is 18.2 Å². The summed E-state index contributed by atoms with van der Waals surface area (Å²) in [5, 5.41) is 4.04. The molecule has 1 aliphatic rings. The van der Waals surface area contributed by atoms with Gasteiger partial charge in [0.05, 0.1) is 12.8 Å². The largest absolute Gasteiger partial charge is 0.496 e. The second-order valence-corrected chi connectivity index (χ2v) is 4.47. The van der Waals surface area contributed by atoms with Crippen LogP contribution in [-0.2, 0) is 4.84 Å². The predicted octanol–water partition coefficient (Wildman–Crippen LogP) is 1.91. The van der Waals surface area contributed by atoms with Gasteiger partial charge in [0.1, 0.15) is 11.9 Å². The number of nitrogens with two attached hydrogens (primary N) is 1. The maximum absolute atomic E-state index is 5.54. The van der Waals surface area contributed by atoms with Crippen LogP contribution in [0.15, 0.2) is 27.8 Å². The van der Waals surface area contributed by atoms with Crippen LogP contribution in [-0.4, -0.2) is 25.5 Å². The molecule has 4 nitrogen and oxygen atoms in total. The number of methoxy groups -OCH3 is 1. The predicted molar refractivity (Wildman–Crippen MR) is 65.8 cm³/mol. The highest BCUT2D eigenvalue weighted by molar-refractivity contribution is 9.10. The van der Waals surface area contributed by atoms with Gasteiger partial charge in [-0.3, -0.25) is 0 Å². The minimum absolute atomic E-state index is 0.0151. The van der Waals surface area contributed by atoms with Gasteiger partial charge in [0, 0.05) is 23.0 Å². The molecule has 0 saturated carbocycles. The van der Waals surface area contributed by atoms with E-state index in [9.17, 15) is 0 Å². The van der Waals surface area contributed by atoms with Crippen molar-refractivity contribution in [3.05, 3.63) is 28.2 Å². The zero-order chi connectivity index (χ0) is 11.5. The normalized spacial score (nSPS) is 19.2. The summed E-state index contributed by atoms with van der Waals surface area (Å²) in [5.74, 6) is 0.795. The van der Waals surface area contributed by atoms with E-state index in [0.717, 1.165) is 27.9 Å². The summed E-state index contributed by atoms with van der Waals surface area (Å²) in [6.45, 7) is 0.476. The van der Waals surface area contributed by atoms with E-state index >= 15 is 0 Å². The van der Waals surface area contributed by atoms with Gasteiger partial charge in [0.15, 0.2) is 0 Å². The topological polar surface area (TPSA) is 56.8 Å². The minimum atomic E-state index is -0.0151. The zero-order valence-electron chi connectivity index (χ0n) is 8.94. The Balaban J connectivity index is 2.30. The Labute approximate surface area is 103 Å². The van der Waals surface area contributed by atoms with Crippen LogP contribution in [0.1, 0.15) is 12.0 Å². The lowest BCUT2D eigenvalue weighted by atomic mass is 10.0. The molecule has 0 bridgehead atoms. The molecular weight excluding hydrogens is 272 g/mol. The molecule has 1 aromatic rings. The molecule has 1 aromatic carbocycles. The Morgan fingerprint density at radius 2 is 2.44 bits per heavy atom. The molecule has 1 aliphatic heterocycles. The number of nitrogens with zero attached hydrogens (tertiary/aromatic N) is 1. The fourth-order valence-corrected chi connectivity index (χ4v) is 1.98. The Morgan fingerprint density at radius 3 is 3.06 bits per heavy atom. The molecule has 0 saturated heterocycles. The summed E-state index contributed by atoms with van der Waals surface area (Å²) in [6, 6.07) is 5.80. The Morgan fingerprint density at radius 1 is 1.62 bits per heavy atom. The molecule has 0 aliphatic carbocycles. The summed E-state index contributed by atoms with van der Waals surface area (Å²) in [5.41, 5.74) is 7.37. The van der Waals surface area contributed by atoms with E-state index in [2.05, 4.69) is 21.1 Å².